The number of anilines is 1. The zero-order chi connectivity index (χ0) is 43.2. The molecule has 0 saturated carbocycles. The molecule has 4 heterocycles. The van der Waals surface area contributed by atoms with Crippen LogP contribution in [0.2, 0.25) is 0 Å². The first kappa shape index (κ1) is 42.7. The minimum Gasteiger partial charge on any atom is -0.381 e. The average molecular weight is 837 g/mol. The van der Waals surface area contributed by atoms with Crippen molar-refractivity contribution >= 4 is 28.5 Å². The van der Waals surface area contributed by atoms with Crippen molar-refractivity contribution in [3.8, 4) is 11.1 Å². The molecule has 12 heteroatoms. The Balaban J connectivity index is 1.08. The van der Waals surface area contributed by atoms with Crippen molar-refractivity contribution in [3.63, 3.8) is 0 Å². The number of halogens is 1. The maximum Gasteiger partial charge on any atom is 0.254 e. The fourth-order valence-corrected chi connectivity index (χ4v) is 8.84. The highest BCUT2D eigenvalue weighted by Gasteiger charge is 2.26. The van der Waals surface area contributed by atoms with Crippen LogP contribution in [0.25, 0.3) is 22.2 Å². The van der Waals surface area contributed by atoms with Crippen LogP contribution in [0.5, 0.6) is 0 Å². The molecule has 2 aromatic heterocycles. The van der Waals surface area contributed by atoms with Crippen molar-refractivity contribution in [3.05, 3.63) is 148 Å². The molecular formula is C50H57FN8O3. The van der Waals surface area contributed by atoms with Gasteiger partial charge in [0.1, 0.15) is 5.82 Å². The number of ether oxygens (including phenoxy) is 1. The van der Waals surface area contributed by atoms with Crippen LogP contribution in [0, 0.1) is 12.7 Å². The molecular weight excluding hydrogens is 780 g/mol. The summed E-state index contributed by atoms with van der Waals surface area (Å²) < 4.78 is 23.5. The lowest BCUT2D eigenvalue weighted by Crippen LogP contribution is -2.45. The Bertz CT molecular complexity index is 2540. The number of aromatic nitrogens is 3. The van der Waals surface area contributed by atoms with Gasteiger partial charge in [0.15, 0.2) is 5.65 Å². The van der Waals surface area contributed by atoms with Crippen LogP contribution < -0.4 is 11.1 Å². The molecule has 0 bridgehead atoms. The van der Waals surface area contributed by atoms with Gasteiger partial charge < -0.3 is 20.7 Å². The number of pyridine rings is 1. The number of fused-ring (bicyclic) bond motifs is 1. The molecule has 3 N–H and O–H groups in total. The number of nitrogens with two attached hydrogens (primary N) is 1. The van der Waals surface area contributed by atoms with Crippen LogP contribution in [-0.2, 0) is 43.9 Å². The number of piperazine rings is 1. The van der Waals surface area contributed by atoms with Gasteiger partial charge in [-0.2, -0.15) is 5.10 Å². The second kappa shape index (κ2) is 19.4. The van der Waals surface area contributed by atoms with E-state index in [2.05, 4.69) is 70.5 Å². The van der Waals surface area contributed by atoms with Gasteiger partial charge in [0, 0.05) is 99.6 Å². The van der Waals surface area contributed by atoms with E-state index in [0.717, 1.165) is 96.8 Å². The summed E-state index contributed by atoms with van der Waals surface area (Å²) in [6.07, 6.45) is 4.17. The zero-order valence-corrected chi connectivity index (χ0v) is 36.1. The van der Waals surface area contributed by atoms with Gasteiger partial charge in [-0.1, -0.05) is 67.1 Å². The number of amides is 2. The maximum absolute atomic E-state index is 15.9. The zero-order valence-electron chi connectivity index (χ0n) is 36.1. The molecule has 0 spiro atoms. The van der Waals surface area contributed by atoms with Gasteiger partial charge in [-0.3, -0.25) is 19.4 Å². The highest BCUT2D eigenvalue weighted by atomic mass is 19.1. The first-order chi connectivity index (χ1) is 30.1. The van der Waals surface area contributed by atoms with Crippen LogP contribution in [-0.4, -0.2) is 86.7 Å². The Morgan fingerprint density at radius 2 is 1.53 bits per heavy atom. The van der Waals surface area contributed by atoms with E-state index in [1.165, 1.54) is 23.3 Å². The van der Waals surface area contributed by atoms with Crippen LogP contribution in [0.4, 0.5) is 10.1 Å². The van der Waals surface area contributed by atoms with E-state index in [-0.39, 0.29) is 36.4 Å². The predicted octanol–water partition coefficient (Wildman–Crippen LogP) is 7.98. The van der Waals surface area contributed by atoms with Crippen molar-refractivity contribution in [2.75, 3.05) is 44.7 Å². The van der Waals surface area contributed by atoms with Gasteiger partial charge in [0.25, 0.3) is 5.91 Å². The normalized spacial score (nSPS) is 15.2. The van der Waals surface area contributed by atoms with Crippen LogP contribution in [0.15, 0.2) is 97.2 Å². The van der Waals surface area contributed by atoms with Crippen LogP contribution in [0.3, 0.4) is 0 Å². The number of nitrogens with zero attached hydrogens (tertiary/aromatic N) is 6. The molecule has 2 amide bonds. The summed E-state index contributed by atoms with van der Waals surface area (Å²) in [5, 5.41) is 9.40. The molecule has 11 nitrogen and oxygen atoms in total. The summed E-state index contributed by atoms with van der Waals surface area (Å²) in [6.45, 7) is 14.3. The number of primary amides is 1. The molecule has 0 atom stereocenters. The van der Waals surface area contributed by atoms with Crippen molar-refractivity contribution < 1.29 is 18.7 Å². The minimum absolute atomic E-state index is 0.170. The highest BCUT2D eigenvalue weighted by molar-refractivity contribution is 5.99. The summed E-state index contributed by atoms with van der Waals surface area (Å²) in [4.78, 5) is 38.8. The Kier molecular flexibility index (Phi) is 13.4. The fourth-order valence-electron chi connectivity index (χ4n) is 8.84. The quantitative estimate of drug-likeness (QED) is 0.107. The molecule has 322 valence electrons. The molecule has 0 unspecified atom stereocenters. The molecule has 8 rings (SSSR count). The average Bonchev–Trinajstić information content (AvgIpc) is 3.71. The molecule has 2 aliphatic rings. The Hall–Kier alpha value is -5.95. The number of nitrogens with one attached hydrogen (secondary N) is 1. The SMILES string of the molecule is CCc1nc2c(cnn2CC)c(NC2CCOCC2)c1CN(Cc1ccc(F)c(-c2cccc(CN3CCN(Cc4cccc(C)c4)CC3)c2)c1)C(=O)c1cccc(C(N)=O)c1. The van der Waals surface area contributed by atoms with E-state index >= 15 is 4.39 Å². The summed E-state index contributed by atoms with van der Waals surface area (Å²) in [7, 11) is 0. The number of carbonyl (C=O) groups excluding carboxylic acids is 2. The summed E-state index contributed by atoms with van der Waals surface area (Å²) in [6, 6.07) is 28.6. The van der Waals surface area contributed by atoms with E-state index in [0.29, 0.717) is 37.3 Å². The first-order valence-electron chi connectivity index (χ1n) is 21.9. The monoisotopic (exact) mass is 836 g/mol. The third-order valence-electron chi connectivity index (χ3n) is 12.2. The topological polar surface area (TPSA) is 122 Å². The number of aryl methyl sites for hydroxylation is 3. The third-order valence-corrected chi connectivity index (χ3v) is 12.2. The Labute approximate surface area is 363 Å². The minimum atomic E-state index is -0.615. The lowest BCUT2D eigenvalue weighted by molar-refractivity contribution is 0.0729. The molecule has 2 saturated heterocycles. The van der Waals surface area contributed by atoms with Gasteiger partial charge in [-0.15, -0.1) is 0 Å². The lowest BCUT2D eigenvalue weighted by Gasteiger charge is -2.34. The maximum atomic E-state index is 15.9. The number of hydrogen-bond acceptors (Lipinski definition) is 8. The van der Waals surface area contributed by atoms with Gasteiger partial charge in [-0.25, -0.2) is 14.1 Å². The standard InChI is InChI=1S/C50H57FN8O3/c1-4-46-44(47(54-41-17-23-62-24-18-41)43-29-53-59(5-2)49(43)55-46)33-58(50(61)40-14-8-13-39(28-40)48(52)60)32-37-15-16-45(51)42(27-37)38-12-7-11-36(26-38)31-57-21-19-56(20-22-57)30-35-10-6-9-34(3)25-35/h6-16,25-29,41H,4-5,17-24,30-33H2,1-3H3,(H2,52,60)(H,54,55). The molecule has 2 fully saturated rings. The molecule has 62 heavy (non-hydrogen) atoms. The Morgan fingerprint density at radius 3 is 2.23 bits per heavy atom. The highest BCUT2D eigenvalue weighted by Crippen LogP contribution is 2.34. The molecule has 0 radical (unpaired) electrons. The van der Waals surface area contributed by atoms with E-state index in [1.54, 1.807) is 29.2 Å². The van der Waals surface area contributed by atoms with Crippen molar-refractivity contribution in [1.29, 1.82) is 0 Å². The van der Waals surface area contributed by atoms with Gasteiger partial charge in [-0.05, 0) is 91.8 Å². The summed E-state index contributed by atoms with van der Waals surface area (Å²) in [5.41, 5.74) is 15.5. The van der Waals surface area contributed by atoms with Crippen molar-refractivity contribution in [1.82, 2.24) is 29.5 Å². The van der Waals surface area contributed by atoms with Gasteiger partial charge >= 0.3 is 0 Å². The molecule has 0 aliphatic carbocycles. The number of benzene rings is 4. The van der Waals surface area contributed by atoms with Crippen LogP contribution >= 0.6 is 0 Å². The third kappa shape index (κ3) is 9.88. The number of carbonyl (C=O) groups is 2. The second-order valence-electron chi connectivity index (χ2n) is 16.7. The fraction of sp³-hybridized carbons (Fsp3) is 0.360. The van der Waals surface area contributed by atoms with E-state index < -0.39 is 5.91 Å². The smallest absolute Gasteiger partial charge is 0.254 e. The number of rotatable bonds is 15. The molecule has 6 aromatic rings. The second-order valence-corrected chi connectivity index (χ2v) is 16.7. The Morgan fingerprint density at radius 1 is 0.839 bits per heavy atom. The molecule has 4 aromatic carbocycles. The summed E-state index contributed by atoms with van der Waals surface area (Å²) >= 11 is 0. The van der Waals surface area contributed by atoms with Gasteiger partial charge in [0.2, 0.25) is 5.91 Å². The van der Waals surface area contributed by atoms with Gasteiger partial charge in [0.05, 0.1) is 23.8 Å². The predicted molar refractivity (Wildman–Crippen MR) is 242 cm³/mol. The summed E-state index contributed by atoms with van der Waals surface area (Å²) in [5.74, 6) is -1.24. The van der Waals surface area contributed by atoms with Crippen molar-refractivity contribution in [2.24, 2.45) is 5.73 Å². The largest absolute Gasteiger partial charge is 0.381 e. The lowest BCUT2D eigenvalue weighted by atomic mass is 9.99. The van der Waals surface area contributed by atoms with E-state index in [9.17, 15) is 9.59 Å². The van der Waals surface area contributed by atoms with Crippen molar-refractivity contribution in [2.45, 2.75) is 78.8 Å². The van der Waals surface area contributed by atoms with E-state index in [4.69, 9.17) is 15.5 Å². The van der Waals surface area contributed by atoms with E-state index in [1.807, 2.05) is 36.0 Å². The molecule has 2 aliphatic heterocycles. The number of hydrogen-bond donors (Lipinski definition) is 2. The van der Waals surface area contributed by atoms with Crippen LogP contribution in [0.1, 0.15) is 80.9 Å². The first-order valence-corrected chi connectivity index (χ1v) is 21.9.